The summed E-state index contributed by atoms with van der Waals surface area (Å²) in [5.41, 5.74) is 0.913. The van der Waals surface area contributed by atoms with Gasteiger partial charge >= 0.3 is 5.97 Å². The molecule has 0 atom stereocenters. The third-order valence-corrected chi connectivity index (χ3v) is 4.90. The number of para-hydroxylation sites is 1. The van der Waals surface area contributed by atoms with Crippen LogP contribution in [0.3, 0.4) is 0 Å². The van der Waals surface area contributed by atoms with Crippen molar-refractivity contribution in [3.05, 3.63) is 48.4 Å². The van der Waals surface area contributed by atoms with Crippen LogP contribution >= 0.6 is 23.1 Å². The van der Waals surface area contributed by atoms with Gasteiger partial charge in [-0.3, -0.25) is 9.59 Å². The number of carbonyl (C=O) groups excluding carboxylic acids is 2. The van der Waals surface area contributed by atoms with Crippen LogP contribution in [-0.2, 0) is 9.53 Å². The molecule has 0 amide bonds. The van der Waals surface area contributed by atoms with Crippen molar-refractivity contribution in [3.63, 3.8) is 0 Å². The number of benzene rings is 1. The molecule has 1 aromatic carbocycles. The number of Topliss-reactive ketones (excluding diaryl/α,β-unsaturated/α-hetero) is 1. The van der Waals surface area contributed by atoms with Crippen molar-refractivity contribution in [3.8, 4) is 0 Å². The van der Waals surface area contributed by atoms with Gasteiger partial charge < -0.3 is 9.15 Å². The Kier molecular flexibility index (Phi) is 4.55. The van der Waals surface area contributed by atoms with Crippen molar-refractivity contribution in [2.24, 2.45) is 0 Å². The highest BCUT2D eigenvalue weighted by molar-refractivity contribution is 8.01. The van der Waals surface area contributed by atoms with Crippen LogP contribution in [0.2, 0.25) is 0 Å². The number of nitrogens with zero attached hydrogens (tertiary/aromatic N) is 1. The van der Waals surface area contributed by atoms with Gasteiger partial charge in [0.2, 0.25) is 5.78 Å². The molecule has 112 valence electrons. The minimum atomic E-state index is -0.454. The first-order chi connectivity index (χ1) is 10.7. The number of furan rings is 1. The standard InChI is InChI=1S/C15H11NO4S2/c17-11(12-5-3-7-19-12)8-20-14(18)9-21-15-16-10-4-1-2-6-13(10)22-15/h1-7H,8-9H2. The lowest BCUT2D eigenvalue weighted by molar-refractivity contribution is -0.139. The second-order valence-electron chi connectivity index (χ2n) is 4.30. The van der Waals surface area contributed by atoms with Gasteiger partial charge in [-0.2, -0.15) is 0 Å². The molecule has 0 unspecified atom stereocenters. The van der Waals surface area contributed by atoms with E-state index >= 15 is 0 Å². The summed E-state index contributed by atoms with van der Waals surface area (Å²) in [6, 6.07) is 10.9. The zero-order valence-corrected chi connectivity index (χ0v) is 13.0. The largest absolute Gasteiger partial charge is 0.461 e. The van der Waals surface area contributed by atoms with Gasteiger partial charge in [-0.15, -0.1) is 11.3 Å². The van der Waals surface area contributed by atoms with Crippen molar-refractivity contribution in [1.82, 2.24) is 4.98 Å². The van der Waals surface area contributed by atoms with Crippen molar-refractivity contribution >= 4 is 45.1 Å². The molecule has 3 aromatic rings. The summed E-state index contributed by atoms with van der Waals surface area (Å²) >= 11 is 2.83. The lowest BCUT2D eigenvalue weighted by atomic mass is 10.3. The topological polar surface area (TPSA) is 69.4 Å². The number of hydrogen-bond donors (Lipinski definition) is 0. The fourth-order valence-corrected chi connectivity index (χ4v) is 3.60. The van der Waals surface area contributed by atoms with Crippen LogP contribution in [0.25, 0.3) is 10.2 Å². The Morgan fingerprint density at radius 3 is 2.86 bits per heavy atom. The molecule has 0 spiro atoms. The lowest BCUT2D eigenvalue weighted by Crippen LogP contribution is -2.15. The Morgan fingerprint density at radius 1 is 1.23 bits per heavy atom. The van der Waals surface area contributed by atoms with Crippen LogP contribution in [0.15, 0.2) is 51.4 Å². The normalized spacial score (nSPS) is 10.7. The number of hydrogen-bond acceptors (Lipinski definition) is 7. The average Bonchev–Trinajstić information content (AvgIpc) is 3.19. The van der Waals surface area contributed by atoms with E-state index in [1.807, 2.05) is 24.3 Å². The van der Waals surface area contributed by atoms with Crippen LogP contribution in [0.5, 0.6) is 0 Å². The number of thioether (sulfide) groups is 1. The molecule has 7 heteroatoms. The molecule has 2 heterocycles. The molecule has 0 bridgehead atoms. The number of carbonyl (C=O) groups is 2. The van der Waals surface area contributed by atoms with Crippen molar-refractivity contribution in [2.45, 2.75) is 4.34 Å². The van der Waals surface area contributed by atoms with Crippen molar-refractivity contribution < 1.29 is 18.7 Å². The van der Waals surface area contributed by atoms with Gasteiger partial charge in [0.1, 0.15) is 0 Å². The fraction of sp³-hybridized carbons (Fsp3) is 0.133. The maximum Gasteiger partial charge on any atom is 0.316 e. The molecular weight excluding hydrogens is 322 g/mol. The third-order valence-electron chi connectivity index (χ3n) is 2.75. The molecule has 22 heavy (non-hydrogen) atoms. The first kappa shape index (κ1) is 14.8. The van der Waals surface area contributed by atoms with Crippen LogP contribution in [-0.4, -0.2) is 29.1 Å². The predicted octanol–water partition coefficient (Wildman–Crippen LogP) is 3.41. The second kappa shape index (κ2) is 6.76. The number of rotatable bonds is 6. The summed E-state index contributed by atoms with van der Waals surface area (Å²) in [6.07, 6.45) is 1.40. The fourth-order valence-electron chi connectivity index (χ4n) is 1.73. The van der Waals surface area contributed by atoms with E-state index in [0.717, 1.165) is 14.6 Å². The predicted molar refractivity (Wildman–Crippen MR) is 84.3 cm³/mol. The minimum Gasteiger partial charge on any atom is -0.461 e. The summed E-state index contributed by atoms with van der Waals surface area (Å²) in [4.78, 5) is 27.7. The maximum absolute atomic E-state index is 11.7. The Bertz CT molecular complexity index is 762. The molecule has 3 rings (SSSR count). The third kappa shape index (κ3) is 3.55. The van der Waals surface area contributed by atoms with E-state index in [0.29, 0.717) is 0 Å². The number of thiazole rings is 1. The lowest BCUT2D eigenvalue weighted by Gasteiger charge is -2.01. The highest BCUT2D eigenvalue weighted by atomic mass is 32.2. The quantitative estimate of drug-likeness (QED) is 0.391. The molecular formula is C15H11NO4S2. The molecule has 0 saturated carbocycles. The van der Waals surface area contributed by atoms with E-state index in [1.54, 1.807) is 6.07 Å². The first-order valence-corrected chi connectivity index (χ1v) is 8.23. The summed E-state index contributed by atoms with van der Waals surface area (Å²) in [5, 5.41) is 0. The maximum atomic E-state index is 11.7. The molecule has 0 aliphatic heterocycles. The first-order valence-electron chi connectivity index (χ1n) is 6.43. The molecule has 0 aliphatic rings. The average molecular weight is 333 g/mol. The number of fused-ring (bicyclic) bond motifs is 1. The summed E-state index contributed by atoms with van der Waals surface area (Å²) in [5.74, 6) is -0.509. The van der Waals surface area contributed by atoms with E-state index in [2.05, 4.69) is 4.98 Å². The van der Waals surface area contributed by atoms with Crippen LogP contribution in [0.1, 0.15) is 10.6 Å². The van der Waals surface area contributed by atoms with E-state index in [9.17, 15) is 9.59 Å². The van der Waals surface area contributed by atoms with E-state index in [1.165, 1.54) is 35.4 Å². The van der Waals surface area contributed by atoms with Gasteiger partial charge in [0, 0.05) is 0 Å². The van der Waals surface area contributed by atoms with Gasteiger partial charge in [0.25, 0.3) is 0 Å². The summed E-state index contributed by atoms with van der Waals surface area (Å²) in [7, 11) is 0. The van der Waals surface area contributed by atoms with Crippen molar-refractivity contribution in [1.29, 1.82) is 0 Å². The van der Waals surface area contributed by atoms with Gasteiger partial charge in [0.15, 0.2) is 16.7 Å². The Hall–Kier alpha value is -2.12. The SMILES string of the molecule is O=C(CSc1nc2ccccc2s1)OCC(=O)c1ccco1. The van der Waals surface area contributed by atoms with Gasteiger partial charge in [-0.1, -0.05) is 23.9 Å². The second-order valence-corrected chi connectivity index (χ2v) is 6.55. The molecule has 0 aliphatic carbocycles. The Balaban J connectivity index is 1.49. The molecule has 0 fully saturated rings. The van der Waals surface area contributed by atoms with E-state index in [-0.39, 0.29) is 23.9 Å². The van der Waals surface area contributed by atoms with Gasteiger partial charge in [0.05, 0.1) is 22.2 Å². The summed E-state index contributed by atoms with van der Waals surface area (Å²) < 4.78 is 11.7. The number of aromatic nitrogens is 1. The monoisotopic (exact) mass is 333 g/mol. The molecule has 5 nitrogen and oxygen atoms in total. The van der Waals surface area contributed by atoms with Crippen LogP contribution < -0.4 is 0 Å². The summed E-state index contributed by atoms with van der Waals surface area (Å²) in [6.45, 7) is -0.313. The smallest absolute Gasteiger partial charge is 0.316 e. The zero-order chi connectivity index (χ0) is 15.4. The van der Waals surface area contributed by atoms with Gasteiger partial charge in [-0.25, -0.2) is 4.98 Å². The van der Waals surface area contributed by atoms with Crippen molar-refractivity contribution in [2.75, 3.05) is 12.4 Å². The minimum absolute atomic E-state index is 0.116. The van der Waals surface area contributed by atoms with E-state index < -0.39 is 5.97 Å². The zero-order valence-electron chi connectivity index (χ0n) is 11.4. The van der Waals surface area contributed by atoms with Crippen LogP contribution in [0.4, 0.5) is 0 Å². The molecule has 0 N–H and O–H groups in total. The number of esters is 1. The Labute approximate surface area is 134 Å². The van der Waals surface area contributed by atoms with Gasteiger partial charge in [-0.05, 0) is 24.3 Å². The number of ketones is 1. The molecule has 0 radical (unpaired) electrons. The van der Waals surface area contributed by atoms with E-state index in [4.69, 9.17) is 9.15 Å². The molecule has 0 saturated heterocycles. The number of ether oxygens (including phenoxy) is 1. The highest BCUT2D eigenvalue weighted by Gasteiger charge is 2.13. The Morgan fingerprint density at radius 2 is 2.09 bits per heavy atom. The highest BCUT2D eigenvalue weighted by Crippen LogP contribution is 2.29. The molecule has 2 aromatic heterocycles. The van der Waals surface area contributed by atoms with Crippen LogP contribution in [0, 0.1) is 0 Å².